The Morgan fingerprint density at radius 1 is 1.25 bits per heavy atom. The molecule has 0 fully saturated rings. The fraction of sp³-hybridized carbons (Fsp3) is 0.400. The quantitative estimate of drug-likeness (QED) is 0.918. The van der Waals surface area contributed by atoms with Crippen LogP contribution in [-0.2, 0) is 21.1 Å². The van der Waals surface area contributed by atoms with Crippen LogP contribution in [0, 0.1) is 13.8 Å². The highest BCUT2D eigenvalue weighted by Crippen LogP contribution is 2.12. The number of carbonyl (C=O) groups is 1. The molecule has 0 saturated carbocycles. The lowest BCUT2D eigenvalue weighted by atomic mass is 10.0. The first-order valence-electron chi connectivity index (χ1n) is 6.61. The van der Waals surface area contributed by atoms with Gasteiger partial charge in [-0.05, 0) is 31.9 Å². The highest BCUT2D eigenvalue weighted by molar-refractivity contribution is 7.94. The van der Waals surface area contributed by atoms with Gasteiger partial charge in [0.05, 0.1) is 11.8 Å². The fourth-order valence-corrected chi connectivity index (χ4v) is 3.65. The molecule has 2 rings (SSSR count). The van der Waals surface area contributed by atoms with Gasteiger partial charge < -0.3 is 5.32 Å². The molecule has 0 spiro atoms. The molecule has 1 N–H and O–H groups in total. The lowest BCUT2D eigenvalue weighted by Crippen LogP contribution is -2.35. The summed E-state index contributed by atoms with van der Waals surface area (Å²) in [5, 5.41) is 3.90. The summed E-state index contributed by atoms with van der Waals surface area (Å²) < 4.78 is 22.5. The Bertz CT molecular complexity index is 627. The molecule has 0 aromatic heterocycles. The molecule has 1 atom stereocenters. The van der Waals surface area contributed by atoms with Crippen molar-refractivity contribution in [1.29, 1.82) is 0 Å². The average molecular weight is 293 g/mol. The third kappa shape index (κ3) is 4.20. The summed E-state index contributed by atoms with van der Waals surface area (Å²) >= 11 is 0. The van der Waals surface area contributed by atoms with Crippen molar-refractivity contribution in [3.05, 3.63) is 46.4 Å². The van der Waals surface area contributed by atoms with Crippen molar-refractivity contribution in [3.63, 3.8) is 0 Å². The van der Waals surface area contributed by atoms with Gasteiger partial charge in [-0.1, -0.05) is 29.3 Å². The number of benzene rings is 1. The highest BCUT2D eigenvalue weighted by atomic mass is 32.2. The largest absolute Gasteiger partial charge is 0.349 e. The average Bonchev–Trinajstić information content (AvgIpc) is 2.65. The van der Waals surface area contributed by atoms with Crippen molar-refractivity contribution in [2.45, 2.75) is 32.7 Å². The Balaban J connectivity index is 1.85. The minimum Gasteiger partial charge on any atom is -0.349 e. The van der Waals surface area contributed by atoms with Crippen LogP contribution in [0.4, 0.5) is 0 Å². The molecular weight excluding hydrogens is 274 g/mol. The van der Waals surface area contributed by atoms with Crippen molar-refractivity contribution in [2.24, 2.45) is 0 Å². The molecule has 0 bridgehead atoms. The van der Waals surface area contributed by atoms with Crippen LogP contribution >= 0.6 is 0 Å². The van der Waals surface area contributed by atoms with Gasteiger partial charge in [0, 0.05) is 11.8 Å². The maximum Gasteiger partial charge on any atom is 0.220 e. The number of amides is 1. The number of sulfone groups is 1. The first-order chi connectivity index (χ1) is 9.34. The molecule has 0 radical (unpaired) electrons. The first-order valence-corrected chi connectivity index (χ1v) is 8.33. The lowest BCUT2D eigenvalue weighted by molar-refractivity contribution is -0.121. The predicted octanol–water partition coefficient (Wildman–Crippen LogP) is 1.66. The molecule has 1 heterocycles. The van der Waals surface area contributed by atoms with Crippen molar-refractivity contribution in [3.8, 4) is 0 Å². The minimum absolute atomic E-state index is 0.0255. The molecule has 1 aromatic rings. The van der Waals surface area contributed by atoms with E-state index in [0.29, 0.717) is 12.8 Å². The van der Waals surface area contributed by atoms with Crippen LogP contribution in [0.5, 0.6) is 0 Å². The number of hydrogen-bond acceptors (Lipinski definition) is 3. The zero-order chi connectivity index (χ0) is 14.8. The zero-order valence-corrected chi connectivity index (χ0v) is 12.5. The molecule has 108 valence electrons. The maximum absolute atomic E-state index is 11.8. The van der Waals surface area contributed by atoms with Crippen molar-refractivity contribution in [2.75, 3.05) is 5.75 Å². The SMILES string of the molecule is Cc1cc(C)cc(CCC(=O)N[C@@H]2C=CS(=O)(=O)C2)c1. The number of carbonyl (C=O) groups excluding carboxylic acids is 1. The second-order valence-electron chi connectivity index (χ2n) is 5.33. The van der Waals surface area contributed by atoms with Crippen LogP contribution in [0.25, 0.3) is 0 Å². The summed E-state index contributed by atoms with van der Waals surface area (Å²) in [5.74, 6) is -0.140. The molecule has 4 nitrogen and oxygen atoms in total. The molecule has 0 aliphatic carbocycles. The standard InChI is InChI=1S/C15H19NO3S/c1-11-7-12(2)9-13(8-11)3-4-15(17)16-14-5-6-20(18,19)10-14/h5-9,14H,3-4,10H2,1-2H3,(H,16,17)/t14-/m1/s1. The van der Waals surface area contributed by atoms with Crippen LogP contribution in [0.3, 0.4) is 0 Å². The summed E-state index contributed by atoms with van der Waals surface area (Å²) in [6.45, 7) is 4.06. The Labute approximate surface area is 119 Å². The molecule has 1 aromatic carbocycles. The third-order valence-corrected chi connectivity index (χ3v) is 4.59. The molecule has 1 aliphatic rings. The number of nitrogens with one attached hydrogen (secondary N) is 1. The van der Waals surface area contributed by atoms with Crippen molar-refractivity contribution in [1.82, 2.24) is 5.32 Å². The van der Waals surface area contributed by atoms with Gasteiger partial charge in [-0.2, -0.15) is 0 Å². The minimum atomic E-state index is -3.11. The van der Waals surface area contributed by atoms with Gasteiger partial charge in [0.2, 0.25) is 5.91 Å². The summed E-state index contributed by atoms with van der Waals surface area (Å²) in [4.78, 5) is 11.8. The van der Waals surface area contributed by atoms with E-state index in [-0.39, 0.29) is 17.7 Å². The number of rotatable bonds is 4. The molecule has 5 heteroatoms. The van der Waals surface area contributed by atoms with Crippen LogP contribution in [0.1, 0.15) is 23.1 Å². The number of hydrogen-bond donors (Lipinski definition) is 1. The molecule has 0 saturated heterocycles. The second kappa shape index (κ2) is 5.79. The molecule has 1 aliphatic heterocycles. The van der Waals surface area contributed by atoms with E-state index in [9.17, 15) is 13.2 Å². The van der Waals surface area contributed by atoms with Gasteiger partial charge in [-0.15, -0.1) is 0 Å². The summed E-state index contributed by atoms with van der Waals surface area (Å²) in [5.41, 5.74) is 3.50. The van der Waals surface area contributed by atoms with E-state index in [2.05, 4.69) is 23.5 Å². The summed E-state index contributed by atoms with van der Waals surface area (Å²) in [6, 6.07) is 5.85. The van der Waals surface area contributed by atoms with Gasteiger partial charge >= 0.3 is 0 Å². The van der Waals surface area contributed by atoms with Gasteiger partial charge in [-0.25, -0.2) is 8.42 Å². The monoisotopic (exact) mass is 293 g/mol. The van der Waals surface area contributed by atoms with Crippen molar-refractivity contribution < 1.29 is 13.2 Å². The predicted molar refractivity (Wildman–Crippen MR) is 79.1 cm³/mol. The van der Waals surface area contributed by atoms with Gasteiger partial charge in [-0.3, -0.25) is 4.79 Å². The van der Waals surface area contributed by atoms with Gasteiger partial charge in [0.25, 0.3) is 0 Å². The van der Waals surface area contributed by atoms with E-state index in [0.717, 1.165) is 5.56 Å². The first kappa shape index (κ1) is 14.8. The third-order valence-electron chi connectivity index (χ3n) is 3.20. The lowest BCUT2D eigenvalue weighted by Gasteiger charge is -2.10. The van der Waals surface area contributed by atoms with E-state index in [1.165, 1.54) is 22.6 Å². The molecule has 20 heavy (non-hydrogen) atoms. The molecule has 0 unspecified atom stereocenters. The van der Waals surface area contributed by atoms with Crippen LogP contribution in [0.15, 0.2) is 29.7 Å². The second-order valence-corrected chi connectivity index (χ2v) is 7.26. The van der Waals surface area contributed by atoms with Crippen LogP contribution < -0.4 is 5.32 Å². The smallest absolute Gasteiger partial charge is 0.220 e. The van der Waals surface area contributed by atoms with E-state index in [1.54, 1.807) is 0 Å². The molecular formula is C15H19NO3S. The highest BCUT2D eigenvalue weighted by Gasteiger charge is 2.22. The fourth-order valence-electron chi connectivity index (χ4n) is 2.42. The van der Waals surface area contributed by atoms with E-state index >= 15 is 0 Å². The van der Waals surface area contributed by atoms with E-state index in [4.69, 9.17) is 0 Å². The normalized spacial score (nSPS) is 20.0. The Kier molecular flexibility index (Phi) is 4.28. The summed E-state index contributed by atoms with van der Waals surface area (Å²) in [6.07, 6.45) is 2.56. The molecule has 1 amide bonds. The van der Waals surface area contributed by atoms with Gasteiger partial charge in [0.1, 0.15) is 0 Å². The number of aryl methyl sites for hydroxylation is 3. The topological polar surface area (TPSA) is 63.2 Å². The maximum atomic E-state index is 11.8. The van der Waals surface area contributed by atoms with E-state index < -0.39 is 9.84 Å². The van der Waals surface area contributed by atoms with Crippen LogP contribution in [0.2, 0.25) is 0 Å². The Morgan fingerprint density at radius 3 is 2.45 bits per heavy atom. The zero-order valence-electron chi connectivity index (χ0n) is 11.7. The van der Waals surface area contributed by atoms with Gasteiger partial charge in [0.15, 0.2) is 9.84 Å². The Morgan fingerprint density at radius 2 is 1.90 bits per heavy atom. The Hall–Kier alpha value is -1.62. The van der Waals surface area contributed by atoms with E-state index in [1.807, 2.05) is 13.8 Å². The van der Waals surface area contributed by atoms with Crippen LogP contribution in [-0.4, -0.2) is 26.1 Å². The van der Waals surface area contributed by atoms with Crippen molar-refractivity contribution >= 4 is 15.7 Å². The summed E-state index contributed by atoms with van der Waals surface area (Å²) in [7, 11) is -3.11.